The van der Waals surface area contributed by atoms with Gasteiger partial charge < -0.3 is 26.0 Å². The normalized spacial score (nSPS) is 17.5. The van der Waals surface area contributed by atoms with Crippen molar-refractivity contribution < 1.29 is 24.2 Å². The van der Waals surface area contributed by atoms with Crippen molar-refractivity contribution in [2.75, 3.05) is 38.8 Å². The van der Waals surface area contributed by atoms with Gasteiger partial charge in [0.15, 0.2) is 17.1 Å². The van der Waals surface area contributed by atoms with Gasteiger partial charge in [-0.25, -0.2) is 9.78 Å². The molecule has 1 unspecified atom stereocenters. The lowest BCUT2D eigenvalue weighted by molar-refractivity contribution is -0.132. The van der Waals surface area contributed by atoms with Gasteiger partial charge in [-0.2, -0.15) is 4.98 Å². The molecule has 0 amide bonds. The molecule has 42 heavy (non-hydrogen) atoms. The molecule has 10 heteroatoms. The van der Waals surface area contributed by atoms with E-state index in [0.717, 1.165) is 37.1 Å². The molecular formula is C32H34N5O5+. The number of ether oxygens (including phenoxy) is 2. The van der Waals surface area contributed by atoms with E-state index in [9.17, 15) is 14.7 Å². The van der Waals surface area contributed by atoms with Gasteiger partial charge in [0.05, 0.1) is 38.4 Å². The van der Waals surface area contributed by atoms with E-state index in [0.29, 0.717) is 62.9 Å². The molecule has 10 nitrogen and oxygen atoms in total. The molecule has 5 N–H and O–H groups in total. The highest BCUT2D eigenvalue weighted by Gasteiger charge is 2.44. The maximum atomic E-state index is 13.2. The van der Waals surface area contributed by atoms with Crippen molar-refractivity contribution in [2.24, 2.45) is 5.92 Å². The van der Waals surface area contributed by atoms with Crippen LogP contribution in [0, 0.1) is 17.8 Å². The van der Waals surface area contributed by atoms with E-state index < -0.39 is 11.8 Å². The Hall–Kier alpha value is -4.88. The molecule has 1 saturated carbocycles. The number of carbonyl (C=O) groups is 2. The number of carboxylic acid groups (broad SMARTS) is 1. The Kier molecular flexibility index (Phi) is 7.87. The van der Waals surface area contributed by atoms with Crippen molar-refractivity contribution in [1.82, 2.24) is 14.5 Å². The molecule has 1 aromatic heterocycles. The number of aromatic nitrogens is 2. The fraction of sp³-hybridized carbons (Fsp3) is 0.312. The molecule has 3 aromatic rings. The number of ketones is 1. The zero-order valence-electron chi connectivity index (χ0n) is 23.9. The molecule has 1 fully saturated rings. The third-order valence-electron chi connectivity index (χ3n) is 7.67. The van der Waals surface area contributed by atoms with E-state index in [1.807, 2.05) is 18.2 Å². The summed E-state index contributed by atoms with van der Waals surface area (Å²) >= 11 is 0. The number of nitrogen functional groups attached to an aromatic ring is 2. The SMILES string of the molecule is CCC[N+]1(CC2CC2)C=C(C(=O)O)C(=O)c2ccc(C#Cc3cc(Cc4cnc(N)nc4N)cc(OC)c3OC)cc21. The molecular weight excluding hydrogens is 534 g/mol. The number of Topliss-reactive ketones (excluding diaryl/α,β-unsaturated/α-hetero) is 1. The largest absolute Gasteiger partial charge is 0.493 e. The van der Waals surface area contributed by atoms with E-state index in [1.165, 1.54) is 0 Å². The van der Waals surface area contributed by atoms with Gasteiger partial charge in [-0.15, -0.1) is 0 Å². The molecule has 1 aliphatic carbocycles. The molecule has 0 bridgehead atoms. The minimum absolute atomic E-state index is 0.107. The second-order valence-corrected chi connectivity index (χ2v) is 10.7. The summed E-state index contributed by atoms with van der Waals surface area (Å²) in [6.07, 6.45) is 6.71. The summed E-state index contributed by atoms with van der Waals surface area (Å²) < 4.78 is 11.6. The van der Waals surface area contributed by atoms with Gasteiger partial charge in [0.1, 0.15) is 17.7 Å². The number of hydrogen-bond donors (Lipinski definition) is 3. The summed E-state index contributed by atoms with van der Waals surface area (Å²) in [6.45, 7) is 3.51. The number of carboxylic acids is 1. The Morgan fingerprint density at radius 3 is 2.57 bits per heavy atom. The maximum Gasteiger partial charge on any atom is 0.345 e. The van der Waals surface area contributed by atoms with Crippen LogP contribution in [0.3, 0.4) is 0 Å². The van der Waals surface area contributed by atoms with Gasteiger partial charge in [-0.1, -0.05) is 18.8 Å². The summed E-state index contributed by atoms with van der Waals surface area (Å²) in [7, 11) is 3.11. The summed E-state index contributed by atoms with van der Waals surface area (Å²) in [4.78, 5) is 33.3. The summed E-state index contributed by atoms with van der Waals surface area (Å²) in [5.74, 6) is 6.70. The average Bonchev–Trinajstić information content (AvgIpc) is 3.78. The number of carbonyl (C=O) groups excluding carboxylic acids is 1. The van der Waals surface area contributed by atoms with Crippen LogP contribution in [0.2, 0.25) is 0 Å². The average molecular weight is 569 g/mol. The van der Waals surface area contributed by atoms with E-state index in [-0.39, 0.29) is 11.5 Å². The van der Waals surface area contributed by atoms with Crippen molar-refractivity contribution in [2.45, 2.75) is 32.6 Å². The van der Waals surface area contributed by atoms with Gasteiger partial charge in [-0.05, 0) is 49.1 Å². The zero-order valence-corrected chi connectivity index (χ0v) is 23.9. The molecule has 0 radical (unpaired) electrons. The number of quaternary nitrogens is 1. The first kappa shape index (κ1) is 28.6. The number of rotatable bonds is 9. The quantitative estimate of drug-likeness (QED) is 0.198. The van der Waals surface area contributed by atoms with E-state index in [2.05, 4.69) is 28.7 Å². The standard InChI is InChI=1S/C32H33N5O5/c1-4-11-37(17-20-5-6-20)18-25(31(39)40)28(38)24-10-8-19(14-26(24)37)7-9-22-12-21(15-27(41-2)29(22)42-3)13-23-16-35-32(34)36-30(23)33/h8,10,12,14-16,18,20H,4-6,11,13,17H2,1-3H3,(H4-,33,34,35,36,39,40)/p+1. The van der Waals surface area contributed by atoms with Gasteiger partial charge in [0, 0.05) is 35.7 Å². The third kappa shape index (κ3) is 5.64. The topological polar surface area (TPSA) is 151 Å². The predicted molar refractivity (Wildman–Crippen MR) is 160 cm³/mol. The molecule has 5 rings (SSSR count). The van der Waals surface area contributed by atoms with Crippen molar-refractivity contribution >= 4 is 29.2 Å². The third-order valence-corrected chi connectivity index (χ3v) is 7.67. The maximum absolute atomic E-state index is 13.2. The summed E-state index contributed by atoms with van der Waals surface area (Å²) in [5.41, 5.74) is 15.6. The van der Waals surface area contributed by atoms with Gasteiger partial charge >= 0.3 is 5.97 Å². The van der Waals surface area contributed by atoms with Crippen LogP contribution in [0.4, 0.5) is 17.5 Å². The van der Waals surface area contributed by atoms with Crippen LogP contribution in [0.5, 0.6) is 11.5 Å². The zero-order chi connectivity index (χ0) is 30.0. The van der Waals surface area contributed by atoms with Gasteiger partial charge in [0.2, 0.25) is 11.7 Å². The van der Waals surface area contributed by atoms with Crippen LogP contribution >= 0.6 is 0 Å². The Bertz CT molecular complexity index is 1670. The second kappa shape index (κ2) is 11.5. The van der Waals surface area contributed by atoms with Gasteiger partial charge in [0.25, 0.3) is 0 Å². The Balaban J connectivity index is 1.57. The fourth-order valence-corrected chi connectivity index (χ4v) is 5.58. The van der Waals surface area contributed by atoms with Crippen LogP contribution in [0.15, 0.2) is 48.3 Å². The molecule has 0 saturated heterocycles. The monoisotopic (exact) mass is 568 g/mol. The van der Waals surface area contributed by atoms with Crippen molar-refractivity contribution in [1.29, 1.82) is 0 Å². The number of nitrogens with zero attached hydrogens (tertiary/aromatic N) is 3. The Labute approximate surface area is 244 Å². The van der Waals surface area contributed by atoms with Crippen molar-refractivity contribution in [3.8, 4) is 23.3 Å². The molecule has 1 aliphatic heterocycles. The molecule has 0 spiro atoms. The first-order valence-electron chi connectivity index (χ1n) is 13.8. The molecule has 1 atom stereocenters. The number of benzene rings is 2. The van der Waals surface area contributed by atoms with E-state index >= 15 is 0 Å². The Morgan fingerprint density at radius 2 is 1.93 bits per heavy atom. The van der Waals surface area contributed by atoms with Crippen molar-refractivity contribution in [3.05, 3.63) is 76.1 Å². The number of fused-ring (bicyclic) bond motifs is 1. The highest BCUT2D eigenvalue weighted by Crippen LogP contribution is 2.42. The molecule has 2 aliphatic rings. The molecule has 216 valence electrons. The number of nitrogens with two attached hydrogens (primary N) is 2. The van der Waals surface area contributed by atoms with Crippen LogP contribution in [-0.4, -0.2) is 54.1 Å². The summed E-state index contributed by atoms with van der Waals surface area (Å²) in [5, 5.41) is 9.82. The molecule has 2 heterocycles. The second-order valence-electron chi connectivity index (χ2n) is 10.7. The number of hydrogen-bond acceptors (Lipinski definition) is 8. The van der Waals surface area contributed by atoms with Crippen LogP contribution in [0.1, 0.15) is 58.8 Å². The van der Waals surface area contributed by atoms with Crippen molar-refractivity contribution in [3.63, 3.8) is 0 Å². The van der Waals surface area contributed by atoms with Crippen LogP contribution in [0.25, 0.3) is 0 Å². The minimum atomic E-state index is -1.20. The smallest absolute Gasteiger partial charge is 0.345 e. The first-order chi connectivity index (χ1) is 20.2. The Morgan fingerprint density at radius 1 is 1.14 bits per heavy atom. The highest BCUT2D eigenvalue weighted by atomic mass is 16.5. The first-order valence-corrected chi connectivity index (χ1v) is 13.8. The highest BCUT2D eigenvalue weighted by molar-refractivity contribution is 6.26. The van der Waals surface area contributed by atoms with Gasteiger partial charge in [-0.3, -0.25) is 9.28 Å². The lowest BCUT2D eigenvalue weighted by atomic mass is 9.93. The molecule has 2 aromatic carbocycles. The minimum Gasteiger partial charge on any atom is -0.493 e. The van der Waals surface area contributed by atoms with Crippen LogP contribution < -0.4 is 25.4 Å². The lowest BCUT2D eigenvalue weighted by Gasteiger charge is -2.38. The van der Waals surface area contributed by atoms with Crippen LogP contribution in [-0.2, 0) is 11.2 Å². The summed E-state index contributed by atoms with van der Waals surface area (Å²) in [6, 6.07) is 9.13. The fourth-order valence-electron chi connectivity index (χ4n) is 5.58. The number of methoxy groups -OCH3 is 2. The lowest BCUT2D eigenvalue weighted by Crippen LogP contribution is -2.50. The number of aliphatic carboxylic acids is 1. The predicted octanol–water partition coefficient (Wildman–Crippen LogP) is 3.94. The number of anilines is 2. The van der Waals surface area contributed by atoms with E-state index in [1.54, 1.807) is 38.7 Å². The van der Waals surface area contributed by atoms with E-state index in [4.69, 9.17) is 20.9 Å².